The molecule has 12 nitrogen and oxygen atoms in total. The van der Waals surface area contributed by atoms with E-state index >= 15 is 0 Å². The first kappa shape index (κ1) is 49.3. The van der Waals surface area contributed by atoms with Gasteiger partial charge in [0.05, 0.1) is 61.5 Å². The highest BCUT2D eigenvalue weighted by Crippen LogP contribution is 2.33. The average Bonchev–Trinajstić information content (AvgIpc) is 4.05. The van der Waals surface area contributed by atoms with Crippen LogP contribution in [-0.2, 0) is 49.0 Å². The Bertz CT molecular complexity index is 2910. The molecule has 4 aromatic carbocycles. The van der Waals surface area contributed by atoms with Gasteiger partial charge in [-0.1, -0.05) is 60.7 Å². The number of carbonyl (C=O) groups excluding carboxylic acids is 1. The number of nitrogens with zero attached hydrogens (tertiary/aromatic N) is 8. The summed E-state index contributed by atoms with van der Waals surface area (Å²) in [5.41, 5.74) is 4.24. The molecule has 2 aliphatic carbocycles. The fourth-order valence-electron chi connectivity index (χ4n) is 7.43. The standard InChI is InChI=1S/C26H25F3N4O2.C18H15F3N2O.C8H10N2O/c27-21-8-9-23(19(10-21)16-35-15-18-4-2-1-3-5-18)33-24(11-22(31-33)26(28)29)25(34)20-12-30-32(14-20)13-17-6-7-17;19-15-6-7-17(23-9-8-16(22-23)18(20)21)14(10-15)12-24-11-13-4-2-1-3-5-13;11-6-8-3-9-10(5-8)4-7-1-2-7/h1-5,8-12,14,17,25-26,34H,6-7,13,15-16H2;1-10,18H,11-12H2;3,5-7H,1-2,4H2. The maximum Gasteiger partial charge on any atom is 0.282 e. The Balaban J connectivity index is 0.000000161. The van der Waals surface area contributed by atoms with Crippen molar-refractivity contribution < 1.29 is 45.7 Å². The molecule has 4 heterocycles. The van der Waals surface area contributed by atoms with Crippen molar-refractivity contribution in [1.82, 2.24) is 39.1 Å². The summed E-state index contributed by atoms with van der Waals surface area (Å²) < 4.78 is 97.8. The van der Waals surface area contributed by atoms with E-state index in [1.807, 2.05) is 65.3 Å². The molecule has 10 rings (SSSR count). The molecular formula is C52H50F6N8O4. The highest BCUT2D eigenvalue weighted by molar-refractivity contribution is 5.73. The second kappa shape index (κ2) is 23.4. The lowest BCUT2D eigenvalue weighted by atomic mass is 10.1. The minimum Gasteiger partial charge on any atom is -0.382 e. The number of alkyl halides is 4. The summed E-state index contributed by atoms with van der Waals surface area (Å²) in [6.45, 7) is 2.58. The first-order chi connectivity index (χ1) is 34.0. The molecule has 8 aromatic rings. The summed E-state index contributed by atoms with van der Waals surface area (Å²) in [5.74, 6) is 0.498. The van der Waals surface area contributed by atoms with Gasteiger partial charge in [0.25, 0.3) is 12.9 Å². The molecular weight excluding hydrogens is 915 g/mol. The van der Waals surface area contributed by atoms with E-state index in [2.05, 4.69) is 20.4 Å². The smallest absolute Gasteiger partial charge is 0.282 e. The van der Waals surface area contributed by atoms with Crippen molar-refractivity contribution in [3.05, 3.63) is 202 Å². The molecule has 0 spiro atoms. The second-order valence-electron chi connectivity index (χ2n) is 17.1. The molecule has 1 N–H and O–H groups in total. The lowest BCUT2D eigenvalue weighted by molar-refractivity contribution is 0.106. The van der Waals surface area contributed by atoms with Crippen LogP contribution in [0.3, 0.4) is 0 Å². The number of ether oxygens (including phenoxy) is 2. The minimum absolute atomic E-state index is 0.0285. The van der Waals surface area contributed by atoms with Crippen molar-refractivity contribution in [3.8, 4) is 11.4 Å². The largest absolute Gasteiger partial charge is 0.382 e. The van der Waals surface area contributed by atoms with Crippen LogP contribution in [0.25, 0.3) is 11.4 Å². The summed E-state index contributed by atoms with van der Waals surface area (Å²) in [4.78, 5) is 10.3. The van der Waals surface area contributed by atoms with Gasteiger partial charge in [-0.25, -0.2) is 35.7 Å². The molecule has 0 radical (unpaired) electrons. The van der Waals surface area contributed by atoms with Crippen LogP contribution in [0.5, 0.6) is 0 Å². The van der Waals surface area contributed by atoms with E-state index in [4.69, 9.17) is 9.47 Å². The molecule has 2 fully saturated rings. The van der Waals surface area contributed by atoms with Crippen molar-refractivity contribution >= 4 is 6.29 Å². The number of benzene rings is 4. The molecule has 70 heavy (non-hydrogen) atoms. The summed E-state index contributed by atoms with van der Waals surface area (Å²) in [5, 5.41) is 27.3. The Morgan fingerprint density at radius 3 is 1.70 bits per heavy atom. The SMILES string of the molecule is Fc1ccc(-n2ccc(C(F)F)n2)c(COCc2ccccc2)c1.O=Cc1cnn(CC2CC2)c1.OC(c1cnn(CC2CC2)c1)c1cc(C(F)F)nn1-c1ccc(F)cc1COCc1ccccc1. The molecule has 0 bridgehead atoms. The lowest BCUT2D eigenvalue weighted by Gasteiger charge is -2.16. The van der Waals surface area contributed by atoms with Crippen molar-refractivity contribution in [2.75, 3.05) is 0 Å². The fraction of sp³-hybridized carbons (Fsp3) is 0.288. The summed E-state index contributed by atoms with van der Waals surface area (Å²) in [7, 11) is 0. The first-order valence-corrected chi connectivity index (χ1v) is 22.7. The zero-order valence-electron chi connectivity index (χ0n) is 37.8. The molecule has 0 aliphatic heterocycles. The number of aldehydes is 1. The number of aliphatic hydroxyl groups is 1. The monoisotopic (exact) mass is 964 g/mol. The molecule has 1 unspecified atom stereocenters. The van der Waals surface area contributed by atoms with Gasteiger partial charge in [0.15, 0.2) is 6.29 Å². The molecule has 2 aliphatic rings. The van der Waals surface area contributed by atoms with Gasteiger partial charge in [-0.3, -0.25) is 14.2 Å². The van der Waals surface area contributed by atoms with E-state index in [0.29, 0.717) is 52.8 Å². The van der Waals surface area contributed by atoms with Gasteiger partial charge in [0.2, 0.25) is 0 Å². The Hall–Kier alpha value is -7.15. The van der Waals surface area contributed by atoms with Crippen molar-refractivity contribution in [1.29, 1.82) is 0 Å². The van der Waals surface area contributed by atoms with Crippen molar-refractivity contribution in [3.63, 3.8) is 0 Å². The highest BCUT2D eigenvalue weighted by atomic mass is 19.3. The van der Waals surface area contributed by atoms with E-state index in [1.165, 1.54) is 83.1 Å². The minimum atomic E-state index is -2.84. The van der Waals surface area contributed by atoms with Gasteiger partial charge < -0.3 is 14.6 Å². The number of hydrogen-bond acceptors (Lipinski definition) is 8. The Kier molecular flexibility index (Phi) is 16.5. The number of carbonyl (C=O) groups is 1. The summed E-state index contributed by atoms with van der Waals surface area (Å²) in [6, 6.07) is 29.5. The predicted molar refractivity (Wildman–Crippen MR) is 246 cm³/mol. The normalized spacial score (nSPS) is 13.7. The first-order valence-electron chi connectivity index (χ1n) is 22.7. The maximum absolute atomic E-state index is 14.1. The van der Waals surface area contributed by atoms with E-state index in [1.54, 1.807) is 23.3 Å². The predicted octanol–water partition coefficient (Wildman–Crippen LogP) is 11.1. The van der Waals surface area contributed by atoms with Gasteiger partial charge in [-0.15, -0.1) is 0 Å². The molecule has 4 aromatic heterocycles. The molecule has 364 valence electrons. The number of halogens is 6. The van der Waals surface area contributed by atoms with Gasteiger partial charge in [0.1, 0.15) is 29.1 Å². The van der Waals surface area contributed by atoms with Crippen molar-refractivity contribution in [2.45, 2.75) is 84.2 Å². The zero-order valence-corrected chi connectivity index (χ0v) is 37.8. The van der Waals surface area contributed by atoms with Crippen LogP contribution in [0, 0.1) is 23.5 Å². The Morgan fingerprint density at radius 2 is 1.17 bits per heavy atom. The van der Waals surface area contributed by atoms with Crippen LogP contribution in [0.4, 0.5) is 26.3 Å². The quantitative estimate of drug-likeness (QED) is 0.0627. The van der Waals surface area contributed by atoms with Gasteiger partial charge in [-0.2, -0.15) is 20.4 Å². The van der Waals surface area contributed by atoms with Gasteiger partial charge >= 0.3 is 0 Å². The maximum atomic E-state index is 14.1. The molecule has 0 saturated heterocycles. The van der Waals surface area contributed by atoms with Crippen LogP contribution in [0.15, 0.2) is 140 Å². The van der Waals surface area contributed by atoms with E-state index in [-0.39, 0.29) is 24.6 Å². The fourth-order valence-corrected chi connectivity index (χ4v) is 7.43. The Labute approximate surface area is 399 Å². The molecule has 0 amide bonds. The van der Waals surface area contributed by atoms with Gasteiger partial charge in [0, 0.05) is 48.4 Å². The van der Waals surface area contributed by atoms with Gasteiger partial charge in [-0.05, 0) is 97.2 Å². The topological polar surface area (TPSA) is 127 Å². The van der Waals surface area contributed by atoms with Crippen LogP contribution in [0.2, 0.25) is 0 Å². The van der Waals surface area contributed by atoms with E-state index in [0.717, 1.165) is 49.3 Å². The summed E-state index contributed by atoms with van der Waals surface area (Å²) >= 11 is 0. The number of rotatable bonds is 19. The van der Waals surface area contributed by atoms with E-state index < -0.39 is 36.3 Å². The zero-order chi connectivity index (χ0) is 49.0. The molecule has 1 atom stereocenters. The molecule has 18 heteroatoms. The van der Waals surface area contributed by atoms with Crippen LogP contribution in [0.1, 0.15) is 99.9 Å². The third kappa shape index (κ3) is 13.8. The number of hydrogen-bond donors (Lipinski definition) is 1. The van der Waals surface area contributed by atoms with Crippen LogP contribution >= 0.6 is 0 Å². The number of aliphatic hydroxyl groups excluding tert-OH is 1. The highest BCUT2D eigenvalue weighted by Gasteiger charge is 2.27. The Morgan fingerprint density at radius 1 is 0.629 bits per heavy atom. The van der Waals surface area contributed by atoms with Crippen molar-refractivity contribution in [2.24, 2.45) is 11.8 Å². The van der Waals surface area contributed by atoms with Crippen LogP contribution in [-0.4, -0.2) is 50.5 Å². The van der Waals surface area contributed by atoms with Crippen LogP contribution < -0.4 is 0 Å². The second-order valence-corrected chi connectivity index (χ2v) is 17.1. The molecule has 2 saturated carbocycles. The number of aromatic nitrogens is 8. The third-order valence-corrected chi connectivity index (χ3v) is 11.4. The average molecular weight is 965 g/mol. The van der Waals surface area contributed by atoms with E-state index in [9.17, 15) is 36.2 Å². The summed E-state index contributed by atoms with van der Waals surface area (Å²) in [6.07, 6.45) is 7.12. The lowest BCUT2D eigenvalue weighted by Crippen LogP contribution is -2.11. The third-order valence-electron chi connectivity index (χ3n) is 11.4.